The van der Waals surface area contributed by atoms with Crippen LogP contribution in [0.4, 0.5) is 0 Å². The van der Waals surface area contributed by atoms with Gasteiger partial charge in [0.25, 0.3) is 0 Å². The topological polar surface area (TPSA) is 64.3 Å². The van der Waals surface area contributed by atoms with Crippen LogP contribution in [0.5, 0.6) is 0 Å². The molecule has 0 saturated carbocycles. The summed E-state index contributed by atoms with van der Waals surface area (Å²) in [7, 11) is 0. The molecule has 5 nitrogen and oxygen atoms in total. The normalized spacial score (nSPS) is 16.4. The molecular formula is C15H18N2O3S. The maximum atomic E-state index is 10.9. The number of thioether (sulfide) groups is 1. The van der Waals surface area contributed by atoms with Crippen LogP contribution < -0.4 is 0 Å². The summed E-state index contributed by atoms with van der Waals surface area (Å²) in [6.07, 6.45) is 1.89. The molecule has 112 valence electrons. The summed E-state index contributed by atoms with van der Waals surface area (Å²) in [5, 5.41) is 9.71. The van der Waals surface area contributed by atoms with Crippen molar-refractivity contribution in [3.8, 4) is 0 Å². The van der Waals surface area contributed by atoms with E-state index < -0.39 is 5.97 Å². The lowest BCUT2D eigenvalue weighted by molar-refractivity contribution is -0.133. The summed E-state index contributed by atoms with van der Waals surface area (Å²) in [6.45, 7) is 3.56. The average Bonchev–Trinajstić information content (AvgIpc) is 2.83. The fourth-order valence-electron chi connectivity index (χ4n) is 2.71. The van der Waals surface area contributed by atoms with E-state index in [1.807, 2.05) is 12.1 Å². The number of ether oxygens (including phenoxy) is 1. The molecule has 0 spiro atoms. The van der Waals surface area contributed by atoms with E-state index in [1.54, 1.807) is 0 Å². The molecular weight excluding hydrogens is 288 g/mol. The van der Waals surface area contributed by atoms with E-state index in [1.165, 1.54) is 17.3 Å². The van der Waals surface area contributed by atoms with Crippen LogP contribution in [0, 0.1) is 6.92 Å². The van der Waals surface area contributed by atoms with Crippen LogP contribution in [0.3, 0.4) is 0 Å². The molecule has 1 aromatic heterocycles. The van der Waals surface area contributed by atoms with Crippen molar-refractivity contribution in [2.24, 2.45) is 0 Å². The molecule has 6 heteroatoms. The zero-order chi connectivity index (χ0) is 14.8. The highest BCUT2D eigenvalue weighted by Crippen LogP contribution is 2.32. The van der Waals surface area contributed by atoms with Crippen LogP contribution in [-0.2, 0) is 9.53 Å². The van der Waals surface area contributed by atoms with Gasteiger partial charge in [-0.05, 0) is 37.5 Å². The summed E-state index contributed by atoms with van der Waals surface area (Å²) >= 11 is 1.29. The lowest BCUT2D eigenvalue weighted by Gasteiger charge is -2.25. The van der Waals surface area contributed by atoms with Gasteiger partial charge in [-0.25, -0.2) is 4.98 Å². The summed E-state index contributed by atoms with van der Waals surface area (Å²) < 4.78 is 7.64. The minimum atomic E-state index is -0.818. The van der Waals surface area contributed by atoms with Gasteiger partial charge in [-0.2, -0.15) is 0 Å². The van der Waals surface area contributed by atoms with Crippen molar-refractivity contribution < 1.29 is 14.6 Å². The minimum absolute atomic E-state index is 0.0333. The van der Waals surface area contributed by atoms with E-state index in [4.69, 9.17) is 9.84 Å². The Labute approximate surface area is 127 Å². The number of carboxylic acid groups (broad SMARTS) is 1. The van der Waals surface area contributed by atoms with Gasteiger partial charge in [0.1, 0.15) is 0 Å². The number of carboxylic acids is 1. The van der Waals surface area contributed by atoms with E-state index in [-0.39, 0.29) is 5.75 Å². The average molecular weight is 306 g/mol. The molecule has 1 aliphatic heterocycles. The molecule has 1 aliphatic rings. The highest BCUT2D eigenvalue weighted by molar-refractivity contribution is 7.99. The largest absolute Gasteiger partial charge is 0.481 e. The van der Waals surface area contributed by atoms with Crippen molar-refractivity contribution in [2.75, 3.05) is 19.0 Å². The lowest BCUT2D eigenvalue weighted by Crippen LogP contribution is -2.20. The van der Waals surface area contributed by atoms with Crippen LogP contribution >= 0.6 is 11.8 Å². The molecule has 2 heterocycles. The smallest absolute Gasteiger partial charge is 0.313 e. The van der Waals surface area contributed by atoms with Crippen LogP contribution in [-0.4, -0.2) is 39.6 Å². The molecule has 1 saturated heterocycles. The maximum absolute atomic E-state index is 10.9. The van der Waals surface area contributed by atoms with Gasteiger partial charge in [-0.1, -0.05) is 17.8 Å². The molecule has 0 unspecified atom stereocenters. The van der Waals surface area contributed by atoms with E-state index in [0.29, 0.717) is 6.04 Å². The van der Waals surface area contributed by atoms with Crippen LogP contribution in [0.1, 0.15) is 24.4 Å². The first-order valence-electron chi connectivity index (χ1n) is 7.06. The third-order valence-electron chi connectivity index (χ3n) is 3.69. The predicted octanol–water partition coefficient (Wildman–Crippen LogP) is 2.87. The summed E-state index contributed by atoms with van der Waals surface area (Å²) in [5.41, 5.74) is 3.21. The van der Waals surface area contributed by atoms with Gasteiger partial charge in [0.05, 0.1) is 16.8 Å². The van der Waals surface area contributed by atoms with Gasteiger partial charge in [-0.15, -0.1) is 0 Å². The van der Waals surface area contributed by atoms with Crippen molar-refractivity contribution in [2.45, 2.75) is 31.0 Å². The van der Waals surface area contributed by atoms with Crippen LogP contribution in [0.25, 0.3) is 11.0 Å². The number of fused-ring (bicyclic) bond motifs is 1. The molecule has 2 aromatic rings. The van der Waals surface area contributed by atoms with Gasteiger partial charge in [0, 0.05) is 19.3 Å². The quantitative estimate of drug-likeness (QED) is 0.880. The molecule has 0 aliphatic carbocycles. The first-order valence-corrected chi connectivity index (χ1v) is 8.04. The van der Waals surface area contributed by atoms with E-state index in [0.717, 1.165) is 42.2 Å². The van der Waals surface area contributed by atoms with Crippen molar-refractivity contribution in [3.63, 3.8) is 0 Å². The fourth-order valence-corrected chi connectivity index (χ4v) is 3.51. The molecule has 0 radical (unpaired) electrons. The van der Waals surface area contributed by atoms with Crippen molar-refractivity contribution in [3.05, 3.63) is 23.8 Å². The lowest BCUT2D eigenvalue weighted by atomic mass is 10.1. The molecule has 0 atom stereocenters. The number of hydrogen-bond donors (Lipinski definition) is 1. The van der Waals surface area contributed by atoms with Gasteiger partial charge in [0.15, 0.2) is 5.16 Å². The Kier molecular flexibility index (Phi) is 4.17. The Balaban J connectivity index is 2.04. The number of aryl methyl sites for hydroxylation is 1. The molecule has 21 heavy (non-hydrogen) atoms. The maximum Gasteiger partial charge on any atom is 0.313 e. The Morgan fingerprint density at radius 2 is 2.24 bits per heavy atom. The highest BCUT2D eigenvalue weighted by Gasteiger charge is 2.22. The monoisotopic (exact) mass is 306 g/mol. The van der Waals surface area contributed by atoms with E-state index >= 15 is 0 Å². The predicted molar refractivity (Wildman–Crippen MR) is 81.9 cm³/mol. The van der Waals surface area contributed by atoms with Gasteiger partial charge >= 0.3 is 5.97 Å². The molecule has 1 N–H and O–H groups in total. The number of hydrogen-bond acceptors (Lipinski definition) is 4. The van der Waals surface area contributed by atoms with Crippen LogP contribution in [0.15, 0.2) is 23.4 Å². The second-order valence-electron chi connectivity index (χ2n) is 5.28. The number of imidazole rings is 1. The number of carbonyl (C=O) groups is 1. The summed E-state index contributed by atoms with van der Waals surface area (Å²) in [4.78, 5) is 15.5. The first kappa shape index (κ1) is 14.4. The SMILES string of the molecule is Cc1ccc2nc(SCC(=O)O)n(C3CCOCC3)c2c1. The number of rotatable bonds is 4. The third-order valence-corrected chi connectivity index (χ3v) is 4.63. The zero-order valence-corrected chi connectivity index (χ0v) is 12.7. The molecule has 1 fully saturated rings. The number of nitrogens with zero attached hydrogens (tertiary/aromatic N) is 2. The second-order valence-corrected chi connectivity index (χ2v) is 6.23. The molecule has 1 aromatic carbocycles. The molecule has 3 rings (SSSR count). The summed E-state index contributed by atoms with van der Waals surface area (Å²) in [6, 6.07) is 6.50. The number of benzene rings is 1. The van der Waals surface area contributed by atoms with Crippen molar-refractivity contribution in [1.29, 1.82) is 0 Å². The highest BCUT2D eigenvalue weighted by atomic mass is 32.2. The standard InChI is InChI=1S/C15H18N2O3S/c1-10-2-3-12-13(8-10)17(11-4-6-20-7-5-11)15(16-12)21-9-14(18)19/h2-3,8,11H,4-7,9H2,1H3,(H,18,19). The van der Waals surface area contributed by atoms with Crippen molar-refractivity contribution in [1.82, 2.24) is 9.55 Å². The third kappa shape index (κ3) is 3.06. The molecule has 0 bridgehead atoms. The Bertz CT molecular complexity index is 662. The zero-order valence-electron chi connectivity index (χ0n) is 11.9. The Morgan fingerprint density at radius 1 is 1.48 bits per heavy atom. The second kappa shape index (κ2) is 6.07. The van der Waals surface area contributed by atoms with E-state index in [9.17, 15) is 4.79 Å². The van der Waals surface area contributed by atoms with Gasteiger partial charge < -0.3 is 14.4 Å². The molecule has 0 amide bonds. The van der Waals surface area contributed by atoms with Crippen LogP contribution in [0.2, 0.25) is 0 Å². The number of aliphatic carboxylic acids is 1. The first-order chi connectivity index (χ1) is 10.1. The fraction of sp³-hybridized carbons (Fsp3) is 0.467. The van der Waals surface area contributed by atoms with Gasteiger partial charge in [0.2, 0.25) is 0 Å². The van der Waals surface area contributed by atoms with Crippen molar-refractivity contribution >= 4 is 28.8 Å². The minimum Gasteiger partial charge on any atom is -0.481 e. The van der Waals surface area contributed by atoms with E-state index in [2.05, 4.69) is 22.5 Å². The summed E-state index contributed by atoms with van der Waals surface area (Å²) in [5.74, 6) is -0.785. The van der Waals surface area contributed by atoms with Gasteiger partial charge in [-0.3, -0.25) is 4.79 Å². The Hall–Kier alpha value is -1.53. The number of aromatic nitrogens is 2. The Morgan fingerprint density at radius 3 is 2.95 bits per heavy atom.